The fraction of sp³-hybridized carbons (Fsp3) is 0.833. The molecule has 0 aromatic carbocycles. The number of carbonyl (C=O) groups is 2. The van der Waals surface area contributed by atoms with Gasteiger partial charge in [-0.3, -0.25) is 4.79 Å². The summed E-state index contributed by atoms with van der Waals surface area (Å²) in [4.78, 5) is 25.2. The van der Waals surface area contributed by atoms with Crippen LogP contribution in [0.2, 0.25) is 0 Å². The van der Waals surface area contributed by atoms with E-state index in [4.69, 9.17) is 0 Å². The molecule has 0 aliphatic carbocycles. The smallest absolute Gasteiger partial charge is 0.341 e. The van der Waals surface area contributed by atoms with E-state index in [1.807, 2.05) is 0 Å². The summed E-state index contributed by atoms with van der Waals surface area (Å²) in [5.41, 5.74) is 0. The number of hydrogen-bond donors (Lipinski definition) is 2. The van der Waals surface area contributed by atoms with Gasteiger partial charge in [0.2, 0.25) is 5.91 Å². The molecule has 1 aliphatic heterocycles. The number of alkyl halides is 3. The highest BCUT2D eigenvalue weighted by molar-refractivity contribution is 5.87. The van der Waals surface area contributed by atoms with Crippen LogP contribution in [0, 0.1) is 5.92 Å². The Balaban J connectivity index is 2.54. The molecule has 1 fully saturated rings. The van der Waals surface area contributed by atoms with Gasteiger partial charge in [-0.15, -0.1) is 0 Å². The number of rotatable bonds is 4. The molecule has 1 saturated heterocycles. The monoisotopic (exact) mass is 295 g/mol. The number of nitrogens with one attached hydrogen (secondary N) is 2. The van der Waals surface area contributed by atoms with E-state index in [9.17, 15) is 22.8 Å². The maximum atomic E-state index is 12.2. The molecule has 0 saturated carbocycles. The Labute approximate surface area is 115 Å². The molecule has 0 aromatic heterocycles. The fourth-order valence-electron chi connectivity index (χ4n) is 2.02. The molecule has 3 amide bonds. The number of halogens is 3. The van der Waals surface area contributed by atoms with Crippen molar-refractivity contribution in [1.82, 2.24) is 15.5 Å². The Morgan fingerprint density at radius 1 is 1.20 bits per heavy atom. The Morgan fingerprint density at radius 3 is 2.20 bits per heavy atom. The molecule has 5 nitrogen and oxygen atoms in total. The maximum absolute atomic E-state index is 12.2. The number of carbonyl (C=O) groups excluding carboxylic acids is 2. The zero-order chi connectivity index (χ0) is 15.3. The predicted molar refractivity (Wildman–Crippen MR) is 67.0 cm³/mol. The molecule has 116 valence electrons. The molecule has 0 bridgehead atoms. The number of amides is 3. The molecule has 8 heteroatoms. The molecule has 0 unspecified atom stereocenters. The van der Waals surface area contributed by atoms with E-state index in [-0.39, 0.29) is 11.8 Å². The van der Waals surface area contributed by atoms with Crippen molar-refractivity contribution in [2.24, 2.45) is 5.92 Å². The summed E-state index contributed by atoms with van der Waals surface area (Å²) in [5.74, 6) is -0.431. The van der Waals surface area contributed by atoms with Gasteiger partial charge in [0.05, 0.1) is 0 Å². The number of nitrogens with zero attached hydrogens (tertiary/aromatic N) is 1. The highest BCUT2D eigenvalue weighted by atomic mass is 19.4. The van der Waals surface area contributed by atoms with Crippen molar-refractivity contribution >= 4 is 11.9 Å². The first-order chi connectivity index (χ1) is 9.20. The summed E-state index contributed by atoms with van der Waals surface area (Å²) < 4.78 is 36.0. The molecule has 0 spiro atoms. The Bertz CT molecular complexity index is 352. The summed E-state index contributed by atoms with van der Waals surface area (Å²) in [5, 5.41) is 4.03. The third kappa shape index (κ3) is 5.26. The van der Waals surface area contributed by atoms with Gasteiger partial charge in [0.1, 0.15) is 12.6 Å². The maximum Gasteiger partial charge on any atom is 0.405 e. The van der Waals surface area contributed by atoms with E-state index in [2.05, 4.69) is 5.32 Å². The van der Waals surface area contributed by atoms with Crippen LogP contribution in [-0.4, -0.2) is 48.7 Å². The molecule has 0 radical (unpaired) electrons. The van der Waals surface area contributed by atoms with Crippen molar-refractivity contribution in [1.29, 1.82) is 0 Å². The lowest BCUT2D eigenvalue weighted by Gasteiger charge is -2.26. The van der Waals surface area contributed by atoms with Crippen LogP contribution in [-0.2, 0) is 4.79 Å². The average Bonchev–Trinajstić information content (AvgIpc) is 2.85. The first-order valence-electron chi connectivity index (χ1n) is 6.60. The second-order valence-corrected chi connectivity index (χ2v) is 5.20. The molecule has 0 aromatic rings. The highest BCUT2D eigenvalue weighted by Crippen LogP contribution is 2.14. The molecule has 1 heterocycles. The standard InChI is InChI=1S/C12H20F3N3O2/c1-8(2)9(10(19)18-5-3-4-6-18)17-11(20)16-7-12(13,14)15/h8-9H,3-7H2,1-2H3,(H2,16,17,20)/t9-/m0/s1. The SMILES string of the molecule is CC(C)[C@H](NC(=O)NCC(F)(F)F)C(=O)N1CCCC1. The van der Waals surface area contributed by atoms with E-state index < -0.39 is 24.8 Å². The quantitative estimate of drug-likeness (QED) is 0.825. The molecule has 2 N–H and O–H groups in total. The number of likely N-dealkylation sites (tertiary alicyclic amines) is 1. The summed E-state index contributed by atoms with van der Waals surface area (Å²) in [6.07, 6.45) is -2.64. The lowest BCUT2D eigenvalue weighted by Crippen LogP contribution is -2.54. The van der Waals surface area contributed by atoms with Crippen molar-refractivity contribution in [2.45, 2.75) is 38.9 Å². The summed E-state index contributed by atoms with van der Waals surface area (Å²) >= 11 is 0. The van der Waals surface area contributed by atoms with Gasteiger partial charge < -0.3 is 15.5 Å². The van der Waals surface area contributed by atoms with Crippen molar-refractivity contribution in [3.8, 4) is 0 Å². The van der Waals surface area contributed by atoms with E-state index in [0.29, 0.717) is 13.1 Å². The lowest BCUT2D eigenvalue weighted by molar-refractivity contribution is -0.133. The minimum Gasteiger partial charge on any atom is -0.341 e. The second kappa shape index (κ2) is 6.81. The lowest BCUT2D eigenvalue weighted by atomic mass is 10.0. The van der Waals surface area contributed by atoms with Crippen LogP contribution in [0.1, 0.15) is 26.7 Å². The van der Waals surface area contributed by atoms with Gasteiger partial charge >= 0.3 is 12.2 Å². The predicted octanol–water partition coefficient (Wildman–Crippen LogP) is 1.49. The second-order valence-electron chi connectivity index (χ2n) is 5.20. The fourth-order valence-corrected chi connectivity index (χ4v) is 2.02. The van der Waals surface area contributed by atoms with Gasteiger partial charge in [0.25, 0.3) is 0 Å². The molecule has 1 rings (SSSR count). The zero-order valence-corrected chi connectivity index (χ0v) is 11.6. The van der Waals surface area contributed by atoms with Gasteiger partial charge in [-0.2, -0.15) is 13.2 Å². The van der Waals surface area contributed by atoms with Crippen molar-refractivity contribution in [3.63, 3.8) is 0 Å². The molecular formula is C12H20F3N3O2. The average molecular weight is 295 g/mol. The molecular weight excluding hydrogens is 275 g/mol. The Hall–Kier alpha value is -1.47. The van der Waals surface area contributed by atoms with E-state index in [1.54, 1.807) is 24.1 Å². The van der Waals surface area contributed by atoms with Gasteiger partial charge in [-0.05, 0) is 18.8 Å². The normalized spacial score (nSPS) is 17.2. The minimum atomic E-state index is -4.47. The van der Waals surface area contributed by atoms with E-state index in [1.165, 1.54) is 0 Å². The summed E-state index contributed by atoms with van der Waals surface area (Å²) in [6.45, 7) is 3.33. The van der Waals surface area contributed by atoms with Crippen LogP contribution in [0.25, 0.3) is 0 Å². The Morgan fingerprint density at radius 2 is 1.75 bits per heavy atom. The largest absolute Gasteiger partial charge is 0.405 e. The third-order valence-electron chi connectivity index (χ3n) is 3.09. The summed E-state index contributed by atoms with van der Waals surface area (Å²) in [6, 6.07) is -1.78. The van der Waals surface area contributed by atoms with Crippen molar-refractivity contribution in [3.05, 3.63) is 0 Å². The van der Waals surface area contributed by atoms with Gasteiger partial charge in [0, 0.05) is 13.1 Å². The number of hydrogen-bond acceptors (Lipinski definition) is 2. The van der Waals surface area contributed by atoms with Gasteiger partial charge in [-0.25, -0.2) is 4.79 Å². The van der Waals surface area contributed by atoms with Crippen LogP contribution in [0.3, 0.4) is 0 Å². The number of urea groups is 1. The zero-order valence-electron chi connectivity index (χ0n) is 11.6. The van der Waals surface area contributed by atoms with Crippen molar-refractivity contribution < 1.29 is 22.8 Å². The molecule has 1 atom stereocenters. The minimum absolute atomic E-state index is 0.195. The topological polar surface area (TPSA) is 61.4 Å². The molecule has 20 heavy (non-hydrogen) atoms. The van der Waals surface area contributed by atoms with Crippen LogP contribution in [0.15, 0.2) is 0 Å². The van der Waals surface area contributed by atoms with Crippen LogP contribution in [0.5, 0.6) is 0 Å². The van der Waals surface area contributed by atoms with Gasteiger partial charge in [-0.1, -0.05) is 13.8 Å². The molecule has 1 aliphatic rings. The third-order valence-corrected chi connectivity index (χ3v) is 3.09. The van der Waals surface area contributed by atoms with E-state index >= 15 is 0 Å². The van der Waals surface area contributed by atoms with Gasteiger partial charge in [0.15, 0.2) is 0 Å². The highest BCUT2D eigenvalue weighted by Gasteiger charge is 2.32. The summed E-state index contributed by atoms with van der Waals surface area (Å²) in [7, 11) is 0. The van der Waals surface area contributed by atoms with E-state index in [0.717, 1.165) is 12.8 Å². The van der Waals surface area contributed by atoms with Crippen molar-refractivity contribution in [2.75, 3.05) is 19.6 Å². The Kier molecular flexibility index (Phi) is 5.64. The van der Waals surface area contributed by atoms with Crippen LogP contribution >= 0.6 is 0 Å². The van der Waals surface area contributed by atoms with Crippen LogP contribution < -0.4 is 10.6 Å². The first-order valence-corrected chi connectivity index (χ1v) is 6.60. The van der Waals surface area contributed by atoms with Crippen LogP contribution in [0.4, 0.5) is 18.0 Å². The first kappa shape index (κ1) is 16.6.